The van der Waals surface area contributed by atoms with E-state index in [9.17, 15) is 0 Å². The normalized spacial score (nSPS) is 15.2. The lowest BCUT2D eigenvalue weighted by Gasteiger charge is -2.28. The standard InChI is InChI=1S/C26H27NO/c1-15-9-11-17-20-21-18(26(5,6)19-8-7-13-27-22(17)19)12-10-16(14-25(2,3)4)24(21)28-23(15)20/h7-13H,14H2,1-6H3. The fraction of sp³-hybridized carbons (Fsp3) is 0.346. The summed E-state index contributed by atoms with van der Waals surface area (Å²) in [7, 11) is 0. The topological polar surface area (TPSA) is 26.0 Å². The molecular weight excluding hydrogens is 342 g/mol. The molecule has 2 aromatic carbocycles. The number of benzene rings is 2. The molecule has 142 valence electrons. The first-order chi connectivity index (χ1) is 13.2. The van der Waals surface area contributed by atoms with E-state index in [4.69, 9.17) is 9.40 Å². The lowest BCUT2D eigenvalue weighted by molar-refractivity contribution is 0.410. The fourth-order valence-corrected chi connectivity index (χ4v) is 4.86. The summed E-state index contributed by atoms with van der Waals surface area (Å²) in [5.74, 6) is 0. The smallest absolute Gasteiger partial charge is 0.139 e. The summed E-state index contributed by atoms with van der Waals surface area (Å²) < 4.78 is 6.60. The molecule has 0 unspecified atom stereocenters. The summed E-state index contributed by atoms with van der Waals surface area (Å²) in [4.78, 5) is 4.82. The lowest BCUT2D eigenvalue weighted by atomic mass is 9.76. The first-order valence-corrected chi connectivity index (χ1v) is 10.1. The highest BCUT2D eigenvalue weighted by Crippen LogP contribution is 2.50. The highest BCUT2D eigenvalue weighted by Gasteiger charge is 2.35. The van der Waals surface area contributed by atoms with Crippen LogP contribution < -0.4 is 0 Å². The quantitative estimate of drug-likeness (QED) is 0.355. The molecule has 0 atom stereocenters. The van der Waals surface area contributed by atoms with Crippen LogP contribution in [-0.2, 0) is 11.8 Å². The molecule has 1 aliphatic carbocycles. The van der Waals surface area contributed by atoms with E-state index in [2.05, 4.69) is 77.9 Å². The SMILES string of the molecule is Cc1ccc2c3c1oc1c(CC(C)(C)C)ccc(c13)C(C)(C)c1cccnc1-2. The Hall–Kier alpha value is -2.61. The van der Waals surface area contributed by atoms with Crippen LogP contribution in [0, 0.1) is 12.3 Å². The highest BCUT2D eigenvalue weighted by atomic mass is 16.3. The molecule has 28 heavy (non-hydrogen) atoms. The van der Waals surface area contributed by atoms with Gasteiger partial charge in [-0.25, -0.2) is 0 Å². The van der Waals surface area contributed by atoms with Crippen LogP contribution in [0.5, 0.6) is 0 Å². The second-order valence-electron chi connectivity index (χ2n) is 9.97. The summed E-state index contributed by atoms with van der Waals surface area (Å²) in [5, 5.41) is 2.50. The van der Waals surface area contributed by atoms with Crippen LogP contribution in [0.25, 0.3) is 33.2 Å². The lowest BCUT2D eigenvalue weighted by Crippen LogP contribution is -2.20. The minimum atomic E-state index is -0.147. The average Bonchev–Trinajstić information content (AvgIpc) is 2.99. The molecule has 1 aliphatic rings. The number of furan rings is 1. The zero-order valence-electron chi connectivity index (χ0n) is 17.6. The fourth-order valence-electron chi connectivity index (χ4n) is 4.86. The van der Waals surface area contributed by atoms with Crippen LogP contribution in [0.1, 0.15) is 56.9 Å². The van der Waals surface area contributed by atoms with Crippen LogP contribution in [0.2, 0.25) is 0 Å². The third-order valence-corrected chi connectivity index (χ3v) is 6.18. The van der Waals surface area contributed by atoms with Gasteiger partial charge in [-0.3, -0.25) is 4.98 Å². The van der Waals surface area contributed by atoms with Crippen molar-refractivity contribution in [2.24, 2.45) is 5.41 Å². The van der Waals surface area contributed by atoms with E-state index in [1.54, 1.807) is 0 Å². The number of aromatic nitrogens is 1. The second-order valence-corrected chi connectivity index (χ2v) is 9.97. The largest absolute Gasteiger partial charge is 0.455 e. The predicted molar refractivity (Wildman–Crippen MR) is 117 cm³/mol. The second kappa shape index (κ2) is 5.47. The molecule has 0 bridgehead atoms. The van der Waals surface area contributed by atoms with Crippen LogP contribution in [0.3, 0.4) is 0 Å². The van der Waals surface area contributed by atoms with Crippen molar-refractivity contribution in [3.8, 4) is 11.3 Å². The van der Waals surface area contributed by atoms with Gasteiger partial charge in [0.25, 0.3) is 0 Å². The molecule has 0 aliphatic heterocycles. The Bertz CT molecular complexity index is 1250. The van der Waals surface area contributed by atoms with E-state index in [0.717, 1.165) is 23.3 Å². The van der Waals surface area contributed by atoms with Crippen molar-refractivity contribution in [1.82, 2.24) is 4.98 Å². The van der Waals surface area contributed by atoms with E-state index in [0.29, 0.717) is 0 Å². The van der Waals surface area contributed by atoms with E-state index >= 15 is 0 Å². The van der Waals surface area contributed by atoms with Crippen LogP contribution in [0.4, 0.5) is 0 Å². The molecule has 0 saturated heterocycles. The minimum Gasteiger partial charge on any atom is -0.455 e. The Kier molecular flexibility index (Phi) is 3.42. The van der Waals surface area contributed by atoms with Crippen LogP contribution >= 0.6 is 0 Å². The van der Waals surface area contributed by atoms with Crippen molar-refractivity contribution in [3.63, 3.8) is 0 Å². The maximum atomic E-state index is 6.60. The van der Waals surface area contributed by atoms with Gasteiger partial charge in [-0.2, -0.15) is 0 Å². The van der Waals surface area contributed by atoms with Gasteiger partial charge in [0.05, 0.1) is 5.69 Å². The molecule has 0 N–H and O–H groups in total. The van der Waals surface area contributed by atoms with Crippen molar-refractivity contribution in [3.05, 3.63) is 64.8 Å². The zero-order chi connectivity index (χ0) is 19.8. The first-order valence-electron chi connectivity index (χ1n) is 10.1. The van der Waals surface area contributed by atoms with E-state index < -0.39 is 0 Å². The predicted octanol–water partition coefficient (Wildman–Crippen LogP) is 7.18. The third-order valence-electron chi connectivity index (χ3n) is 6.18. The molecule has 2 heteroatoms. The van der Waals surface area contributed by atoms with E-state index in [1.807, 2.05) is 6.20 Å². The molecule has 0 amide bonds. The van der Waals surface area contributed by atoms with Crippen molar-refractivity contribution < 1.29 is 4.42 Å². The van der Waals surface area contributed by atoms with E-state index in [1.165, 1.54) is 38.6 Å². The van der Waals surface area contributed by atoms with Crippen LogP contribution in [0.15, 0.2) is 47.0 Å². The molecule has 4 aromatic rings. The summed E-state index contributed by atoms with van der Waals surface area (Å²) in [6, 6.07) is 13.3. The monoisotopic (exact) mass is 369 g/mol. The summed E-state index contributed by atoms with van der Waals surface area (Å²) in [6.07, 6.45) is 2.89. The first kappa shape index (κ1) is 17.5. The molecule has 0 fully saturated rings. The van der Waals surface area contributed by atoms with Crippen molar-refractivity contribution in [2.75, 3.05) is 0 Å². The zero-order valence-corrected chi connectivity index (χ0v) is 17.6. The molecular formula is C26H27NO. The van der Waals surface area contributed by atoms with Gasteiger partial charge >= 0.3 is 0 Å². The van der Waals surface area contributed by atoms with Crippen LogP contribution in [-0.4, -0.2) is 4.98 Å². The number of rotatable bonds is 1. The third kappa shape index (κ3) is 2.30. The molecule has 5 rings (SSSR count). The van der Waals surface area contributed by atoms with Gasteiger partial charge in [0.15, 0.2) is 0 Å². The summed E-state index contributed by atoms with van der Waals surface area (Å²) >= 11 is 0. The maximum absolute atomic E-state index is 6.60. The Morgan fingerprint density at radius 3 is 2.46 bits per heavy atom. The molecule has 2 aromatic heterocycles. The van der Waals surface area contributed by atoms with Gasteiger partial charge in [0, 0.05) is 27.9 Å². The number of fused-ring (bicyclic) bond motifs is 2. The number of pyridine rings is 1. The van der Waals surface area contributed by atoms with Gasteiger partial charge in [0.1, 0.15) is 11.2 Å². The van der Waals surface area contributed by atoms with Crippen molar-refractivity contribution >= 4 is 21.9 Å². The summed E-state index contributed by atoms with van der Waals surface area (Å²) in [6.45, 7) is 13.6. The highest BCUT2D eigenvalue weighted by molar-refractivity contribution is 6.16. The Morgan fingerprint density at radius 2 is 1.71 bits per heavy atom. The summed E-state index contributed by atoms with van der Waals surface area (Å²) in [5.41, 5.74) is 9.46. The van der Waals surface area contributed by atoms with Gasteiger partial charge < -0.3 is 4.42 Å². The Morgan fingerprint density at radius 1 is 0.929 bits per heavy atom. The number of hydrogen-bond donors (Lipinski definition) is 0. The number of aryl methyl sites for hydroxylation is 1. The maximum Gasteiger partial charge on any atom is 0.139 e. The van der Waals surface area contributed by atoms with Crippen molar-refractivity contribution in [2.45, 2.75) is 53.4 Å². The van der Waals surface area contributed by atoms with Gasteiger partial charge in [-0.05, 0) is 47.1 Å². The molecule has 0 radical (unpaired) electrons. The molecule has 2 nitrogen and oxygen atoms in total. The molecule has 0 spiro atoms. The number of nitrogens with zero attached hydrogens (tertiary/aromatic N) is 1. The van der Waals surface area contributed by atoms with Gasteiger partial charge in [-0.1, -0.05) is 65.0 Å². The average molecular weight is 370 g/mol. The molecule has 0 saturated carbocycles. The van der Waals surface area contributed by atoms with Crippen molar-refractivity contribution in [1.29, 1.82) is 0 Å². The number of hydrogen-bond acceptors (Lipinski definition) is 2. The minimum absolute atomic E-state index is 0.147. The molecule has 2 heterocycles. The Labute approximate surface area is 166 Å². The van der Waals surface area contributed by atoms with Gasteiger partial charge in [-0.15, -0.1) is 0 Å². The van der Waals surface area contributed by atoms with Gasteiger partial charge in [0.2, 0.25) is 0 Å². The Balaban J connectivity index is 2.02. The van der Waals surface area contributed by atoms with E-state index in [-0.39, 0.29) is 10.8 Å².